The van der Waals surface area contributed by atoms with Crippen molar-refractivity contribution in [1.82, 2.24) is 10.4 Å². The van der Waals surface area contributed by atoms with Gasteiger partial charge in [-0.25, -0.2) is 5.43 Å². The van der Waals surface area contributed by atoms with E-state index >= 15 is 0 Å². The lowest BCUT2D eigenvalue weighted by atomic mass is 10.2. The van der Waals surface area contributed by atoms with Crippen molar-refractivity contribution in [2.45, 2.75) is 26.2 Å². The Labute approximate surface area is 105 Å². The second-order valence-electron chi connectivity index (χ2n) is 3.72. The molecule has 18 heavy (non-hydrogen) atoms. The number of aromatic nitrogens is 1. The van der Waals surface area contributed by atoms with Gasteiger partial charge in [0.25, 0.3) is 0 Å². The zero-order chi connectivity index (χ0) is 13.4. The van der Waals surface area contributed by atoms with Crippen molar-refractivity contribution in [2.24, 2.45) is 5.10 Å². The molecule has 0 fully saturated rings. The van der Waals surface area contributed by atoms with Gasteiger partial charge in [0.1, 0.15) is 0 Å². The molecule has 1 heterocycles. The summed E-state index contributed by atoms with van der Waals surface area (Å²) in [6.07, 6.45) is 3.73. The van der Waals surface area contributed by atoms with Crippen molar-refractivity contribution >= 4 is 17.6 Å². The van der Waals surface area contributed by atoms with E-state index in [4.69, 9.17) is 5.11 Å². The molecular weight excluding hydrogens is 234 g/mol. The molecule has 0 spiro atoms. The van der Waals surface area contributed by atoms with Crippen LogP contribution in [0.25, 0.3) is 0 Å². The third-order valence-corrected chi connectivity index (χ3v) is 2.24. The zero-order valence-electron chi connectivity index (χ0n) is 10.1. The molecule has 0 aliphatic heterocycles. The summed E-state index contributed by atoms with van der Waals surface area (Å²) in [6.45, 7) is 1.77. The second kappa shape index (κ2) is 7.16. The van der Waals surface area contributed by atoms with Gasteiger partial charge in [0, 0.05) is 30.8 Å². The third-order valence-electron chi connectivity index (χ3n) is 2.24. The first kappa shape index (κ1) is 13.8. The van der Waals surface area contributed by atoms with Crippen LogP contribution in [-0.4, -0.2) is 27.7 Å². The first-order valence-corrected chi connectivity index (χ1v) is 5.55. The van der Waals surface area contributed by atoms with Crippen molar-refractivity contribution in [3.63, 3.8) is 0 Å². The zero-order valence-corrected chi connectivity index (χ0v) is 10.1. The second-order valence-corrected chi connectivity index (χ2v) is 3.72. The molecule has 1 aromatic rings. The van der Waals surface area contributed by atoms with Gasteiger partial charge in [0.2, 0.25) is 5.91 Å². The first-order chi connectivity index (χ1) is 8.59. The van der Waals surface area contributed by atoms with Crippen LogP contribution in [0.5, 0.6) is 0 Å². The Bertz CT molecular complexity index is 443. The number of nitrogens with zero attached hydrogens (tertiary/aromatic N) is 2. The van der Waals surface area contributed by atoms with E-state index in [0.717, 1.165) is 5.56 Å². The minimum Gasteiger partial charge on any atom is -0.481 e. The highest BCUT2D eigenvalue weighted by Crippen LogP contribution is 1.99. The molecule has 1 aromatic heterocycles. The van der Waals surface area contributed by atoms with Gasteiger partial charge < -0.3 is 5.11 Å². The molecule has 1 amide bonds. The van der Waals surface area contributed by atoms with E-state index in [2.05, 4.69) is 15.5 Å². The topological polar surface area (TPSA) is 91.7 Å². The summed E-state index contributed by atoms with van der Waals surface area (Å²) in [5.41, 5.74) is 3.93. The molecule has 1 rings (SSSR count). The molecule has 0 unspecified atom stereocenters. The smallest absolute Gasteiger partial charge is 0.303 e. The Balaban J connectivity index is 2.39. The molecule has 2 N–H and O–H groups in total. The van der Waals surface area contributed by atoms with Crippen molar-refractivity contribution in [2.75, 3.05) is 0 Å². The maximum atomic E-state index is 11.3. The number of hydrazone groups is 1. The fourth-order valence-corrected chi connectivity index (χ4v) is 1.26. The molecule has 0 aromatic carbocycles. The molecule has 6 heteroatoms. The van der Waals surface area contributed by atoms with Crippen LogP contribution in [0.2, 0.25) is 0 Å². The number of carbonyl (C=O) groups is 2. The summed E-state index contributed by atoms with van der Waals surface area (Å²) in [5.74, 6) is -1.19. The van der Waals surface area contributed by atoms with Crippen LogP contribution in [0.15, 0.2) is 29.6 Å². The van der Waals surface area contributed by atoms with Gasteiger partial charge in [0.15, 0.2) is 0 Å². The van der Waals surface area contributed by atoms with E-state index in [1.807, 2.05) is 0 Å². The lowest BCUT2D eigenvalue weighted by molar-refractivity contribution is -0.137. The molecule has 0 saturated carbocycles. The van der Waals surface area contributed by atoms with Gasteiger partial charge >= 0.3 is 5.97 Å². The fourth-order valence-electron chi connectivity index (χ4n) is 1.26. The van der Waals surface area contributed by atoms with Gasteiger partial charge in [-0.05, 0) is 25.5 Å². The Morgan fingerprint density at radius 2 is 2.00 bits per heavy atom. The Morgan fingerprint density at radius 1 is 1.33 bits per heavy atom. The molecule has 6 nitrogen and oxygen atoms in total. The van der Waals surface area contributed by atoms with Crippen LogP contribution in [-0.2, 0) is 9.59 Å². The van der Waals surface area contributed by atoms with Crippen molar-refractivity contribution in [1.29, 1.82) is 0 Å². The van der Waals surface area contributed by atoms with Gasteiger partial charge in [-0.2, -0.15) is 5.10 Å². The number of aliphatic carboxylic acids is 1. The first-order valence-electron chi connectivity index (χ1n) is 5.55. The lowest BCUT2D eigenvalue weighted by Gasteiger charge is -2.02. The predicted molar refractivity (Wildman–Crippen MR) is 66.1 cm³/mol. The van der Waals surface area contributed by atoms with Crippen LogP contribution in [0, 0.1) is 0 Å². The van der Waals surface area contributed by atoms with Crippen LogP contribution in [0.1, 0.15) is 31.7 Å². The maximum absolute atomic E-state index is 11.3. The Morgan fingerprint density at radius 3 is 2.61 bits per heavy atom. The molecule has 0 saturated heterocycles. The molecule has 0 atom stereocenters. The average Bonchev–Trinajstić information content (AvgIpc) is 2.36. The number of nitrogens with one attached hydrogen (secondary N) is 1. The van der Waals surface area contributed by atoms with E-state index in [1.165, 1.54) is 0 Å². The molecule has 96 valence electrons. The quantitative estimate of drug-likeness (QED) is 0.585. The van der Waals surface area contributed by atoms with E-state index in [-0.39, 0.29) is 18.7 Å². The van der Waals surface area contributed by atoms with E-state index in [1.54, 1.807) is 31.5 Å². The SMILES string of the molecule is CC(=NNC(=O)CCCC(=O)O)c1ccncc1. The highest BCUT2D eigenvalue weighted by Gasteiger charge is 2.03. The highest BCUT2D eigenvalue weighted by molar-refractivity contribution is 5.99. The van der Waals surface area contributed by atoms with Crippen LogP contribution in [0.3, 0.4) is 0 Å². The van der Waals surface area contributed by atoms with E-state index in [9.17, 15) is 9.59 Å². The van der Waals surface area contributed by atoms with Crippen molar-refractivity contribution < 1.29 is 14.7 Å². The molecular formula is C12H15N3O3. The van der Waals surface area contributed by atoms with Crippen LogP contribution >= 0.6 is 0 Å². The van der Waals surface area contributed by atoms with Gasteiger partial charge in [-0.1, -0.05) is 0 Å². The number of rotatable bonds is 6. The lowest BCUT2D eigenvalue weighted by Crippen LogP contribution is -2.19. The van der Waals surface area contributed by atoms with Crippen LogP contribution in [0.4, 0.5) is 0 Å². The summed E-state index contributed by atoms with van der Waals surface area (Å²) in [7, 11) is 0. The third kappa shape index (κ3) is 5.20. The monoisotopic (exact) mass is 249 g/mol. The highest BCUT2D eigenvalue weighted by atomic mass is 16.4. The summed E-state index contributed by atoms with van der Waals surface area (Å²) >= 11 is 0. The standard InChI is InChI=1S/C12H15N3O3/c1-9(10-5-7-13-8-6-10)14-15-11(16)3-2-4-12(17)18/h5-8H,2-4H2,1H3,(H,15,16)(H,17,18). The summed E-state index contributed by atoms with van der Waals surface area (Å²) in [6, 6.07) is 3.57. The number of carboxylic acid groups (broad SMARTS) is 1. The average molecular weight is 249 g/mol. The van der Waals surface area contributed by atoms with Crippen molar-refractivity contribution in [3.8, 4) is 0 Å². The predicted octanol–water partition coefficient (Wildman–Crippen LogP) is 1.18. The normalized spacial score (nSPS) is 11.1. The summed E-state index contributed by atoms with van der Waals surface area (Å²) < 4.78 is 0. The number of carboxylic acids is 1. The Kier molecular flexibility index (Phi) is 5.50. The maximum Gasteiger partial charge on any atom is 0.303 e. The van der Waals surface area contributed by atoms with Gasteiger partial charge in [0.05, 0.1) is 5.71 Å². The number of hydrogen-bond acceptors (Lipinski definition) is 4. The summed E-state index contributed by atoms with van der Waals surface area (Å²) in [4.78, 5) is 25.5. The van der Waals surface area contributed by atoms with E-state index < -0.39 is 5.97 Å². The number of hydrogen-bond donors (Lipinski definition) is 2. The molecule has 0 aliphatic rings. The molecule has 0 aliphatic carbocycles. The molecule has 0 radical (unpaired) electrons. The van der Waals surface area contributed by atoms with Gasteiger partial charge in [-0.3, -0.25) is 14.6 Å². The number of pyridine rings is 1. The van der Waals surface area contributed by atoms with E-state index in [0.29, 0.717) is 12.1 Å². The summed E-state index contributed by atoms with van der Waals surface area (Å²) in [5, 5.41) is 12.4. The Hall–Kier alpha value is -2.24. The fraction of sp³-hybridized carbons (Fsp3) is 0.333. The largest absolute Gasteiger partial charge is 0.481 e. The van der Waals surface area contributed by atoms with Gasteiger partial charge in [-0.15, -0.1) is 0 Å². The minimum atomic E-state index is -0.903. The number of carbonyl (C=O) groups excluding carboxylic acids is 1. The molecule has 0 bridgehead atoms. The van der Waals surface area contributed by atoms with Crippen molar-refractivity contribution in [3.05, 3.63) is 30.1 Å². The number of amides is 1. The minimum absolute atomic E-state index is 0.0134. The van der Waals surface area contributed by atoms with Crippen LogP contribution < -0.4 is 5.43 Å².